The molecule has 6 heterocycles. The summed E-state index contributed by atoms with van der Waals surface area (Å²) < 4.78 is 18.0. The summed E-state index contributed by atoms with van der Waals surface area (Å²) in [7, 11) is 0. The van der Waals surface area contributed by atoms with Crippen molar-refractivity contribution in [1.82, 2.24) is 35.0 Å². The van der Waals surface area contributed by atoms with Crippen LogP contribution in [0.3, 0.4) is 0 Å². The van der Waals surface area contributed by atoms with Crippen LogP contribution < -0.4 is 15.4 Å². The standard InChI is InChI=1S/C41H57N9O5/c1-30(2)38(40(52)50-16-8-9-31(50)3)36-28-37(45-55-36)53-25-23-47-21-19-46(20-22-47)14-6-7-15-48-24-26-54-41(29-48)12-17-49(18-13-41)34-27-33(43-44-39(34)42)32-10-4-5-11-35(32)51/h4-5,10-11,27-28,30-31,38,51H,8-9,12-26,29H2,1-3H3,(H2,42,44). The van der Waals surface area contributed by atoms with E-state index < -0.39 is 0 Å². The van der Waals surface area contributed by atoms with E-state index in [4.69, 9.17) is 19.7 Å². The third-order valence-electron chi connectivity index (χ3n) is 11.8. The number of nitrogens with two attached hydrogens (primary N) is 1. The number of hydrogen-bond acceptors (Lipinski definition) is 13. The van der Waals surface area contributed by atoms with Crippen molar-refractivity contribution in [2.45, 2.75) is 64.0 Å². The number of hydrogen-bond donors (Lipinski definition) is 2. The lowest BCUT2D eigenvalue weighted by molar-refractivity contribution is -0.134. The van der Waals surface area contributed by atoms with Crippen molar-refractivity contribution in [1.29, 1.82) is 0 Å². The molecule has 3 N–H and O–H groups in total. The van der Waals surface area contributed by atoms with Gasteiger partial charge in [0.1, 0.15) is 18.3 Å². The molecule has 2 unspecified atom stereocenters. The van der Waals surface area contributed by atoms with E-state index in [1.807, 2.05) is 23.1 Å². The van der Waals surface area contributed by atoms with Crippen molar-refractivity contribution < 1.29 is 23.9 Å². The SMILES string of the molecule is CC(C)C(C(=O)N1CCCC1C)c1cc(OCCN2CCN(CC#CCN3CCOC4(CCN(c5cc(-c6ccccc6O)nnc5N)CC4)C3)CC2)no1. The Kier molecular flexibility index (Phi) is 12.4. The lowest BCUT2D eigenvalue weighted by atomic mass is 9.89. The van der Waals surface area contributed by atoms with Gasteiger partial charge in [-0.1, -0.05) is 37.8 Å². The number of carbonyl (C=O) groups excluding carboxylic acids is 1. The number of amides is 1. The number of aromatic nitrogens is 3. The average molecular weight is 756 g/mol. The Bertz CT molecular complexity index is 1810. The average Bonchev–Trinajstić information content (AvgIpc) is 3.84. The fraction of sp³-hybridized carbons (Fsp3) is 0.610. The van der Waals surface area contributed by atoms with E-state index in [-0.39, 0.29) is 35.1 Å². The highest BCUT2D eigenvalue weighted by Gasteiger charge is 2.40. The van der Waals surface area contributed by atoms with Gasteiger partial charge >= 0.3 is 0 Å². The third-order valence-corrected chi connectivity index (χ3v) is 11.8. The number of likely N-dealkylation sites (tertiary alicyclic amines) is 1. The van der Waals surface area contributed by atoms with Gasteiger partial charge in [0.15, 0.2) is 11.6 Å². The molecule has 4 aliphatic heterocycles. The molecular formula is C41H57N9O5. The van der Waals surface area contributed by atoms with Crippen molar-refractivity contribution in [3.8, 4) is 34.7 Å². The molecule has 14 heteroatoms. The fourth-order valence-corrected chi connectivity index (χ4v) is 8.43. The number of nitrogens with zero attached hydrogens (tertiary/aromatic N) is 8. The van der Waals surface area contributed by atoms with Crippen LogP contribution in [0.4, 0.5) is 11.5 Å². The first-order valence-electron chi connectivity index (χ1n) is 20.0. The lowest BCUT2D eigenvalue weighted by Crippen LogP contribution is -2.57. The summed E-state index contributed by atoms with van der Waals surface area (Å²) in [6, 6.07) is 11.1. The molecule has 4 fully saturated rings. The van der Waals surface area contributed by atoms with Crippen molar-refractivity contribution in [3.05, 3.63) is 42.2 Å². The first kappa shape index (κ1) is 38.8. The maximum atomic E-state index is 13.3. The van der Waals surface area contributed by atoms with Crippen LogP contribution in [-0.2, 0) is 9.53 Å². The van der Waals surface area contributed by atoms with Crippen molar-refractivity contribution in [2.24, 2.45) is 5.92 Å². The van der Waals surface area contributed by atoms with Gasteiger partial charge in [0, 0.05) is 83.1 Å². The van der Waals surface area contributed by atoms with Crippen molar-refractivity contribution in [2.75, 3.05) is 102 Å². The first-order chi connectivity index (χ1) is 26.7. The molecule has 1 spiro atoms. The van der Waals surface area contributed by atoms with E-state index in [2.05, 4.69) is 67.6 Å². The van der Waals surface area contributed by atoms with Gasteiger partial charge < -0.3 is 34.6 Å². The molecule has 7 rings (SSSR count). The molecule has 14 nitrogen and oxygen atoms in total. The van der Waals surface area contributed by atoms with Crippen molar-refractivity contribution in [3.63, 3.8) is 0 Å². The highest BCUT2D eigenvalue weighted by Crippen LogP contribution is 2.36. The van der Waals surface area contributed by atoms with Gasteiger partial charge in [0.2, 0.25) is 5.91 Å². The zero-order valence-corrected chi connectivity index (χ0v) is 32.7. The number of morpholine rings is 1. The van der Waals surface area contributed by atoms with Crippen LogP contribution in [0, 0.1) is 17.8 Å². The van der Waals surface area contributed by atoms with E-state index in [9.17, 15) is 9.90 Å². The Labute approximate surface area is 324 Å². The van der Waals surface area contributed by atoms with Gasteiger partial charge in [-0.3, -0.25) is 19.5 Å². The number of nitrogen functional groups attached to an aromatic ring is 1. The number of piperazine rings is 1. The second kappa shape index (κ2) is 17.6. The number of benzene rings is 1. The second-order valence-electron chi connectivity index (χ2n) is 15.9. The van der Waals surface area contributed by atoms with Gasteiger partial charge in [-0.2, -0.15) is 0 Å². The summed E-state index contributed by atoms with van der Waals surface area (Å²) in [5.41, 5.74) is 8.17. The number of phenols is 1. The van der Waals surface area contributed by atoms with Gasteiger partial charge in [-0.15, -0.1) is 10.2 Å². The van der Waals surface area contributed by atoms with E-state index in [1.54, 1.807) is 18.2 Å². The summed E-state index contributed by atoms with van der Waals surface area (Å²) in [4.78, 5) is 24.8. The summed E-state index contributed by atoms with van der Waals surface area (Å²) in [6.45, 7) is 17.8. The van der Waals surface area contributed by atoms with Gasteiger partial charge in [0.25, 0.3) is 5.88 Å². The summed E-state index contributed by atoms with van der Waals surface area (Å²) in [6.07, 6.45) is 3.88. The zero-order valence-electron chi connectivity index (χ0n) is 32.7. The molecule has 0 aliphatic carbocycles. The topological polar surface area (TPSA) is 150 Å². The predicted molar refractivity (Wildman–Crippen MR) is 211 cm³/mol. The van der Waals surface area contributed by atoms with Crippen LogP contribution >= 0.6 is 0 Å². The van der Waals surface area contributed by atoms with Crippen LogP contribution in [0.1, 0.15) is 58.1 Å². The van der Waals surface area contributed by atoms with E-state index in [1.165, 1.54) is 0 Å². The third kappa shape index (κ3) is 9.35. The summed E-state index contributed by atoms with van der Waals surface area (Å²) >= 11 is 0. The molecular weight excluding hydrogens is 699 g/mol. The lowest BCUT2D eigenvalue weighted by Gasteiger charge is -2.47. The normalized spacial score (nSPS) is 21.5. The molecule has 296 valence electrons. The highest BCUT2D eigenvalue weighted by molar-refractivity contribution is 5.84. The van der Waals surface area contributed by atoms with E-state index in [0.29, 0.717) is 41.9 Å². The number of piperidine rings is 1. The van der Waals surface area contributed by atoms with Gasteiger partial charge in [-0.25, -0.2) is 0 Å². The number of carbonyl (C=O) groups is 1. The smallest absolute Gasteiger partial charge is 0.254 e. The molecule has 4 saturated heterocycles. The van der Waals surface area contributed by atoms with Crippen LogP contribution in [0.15, 0.2) is 40.9 Å². The monoisotopic (exact) mass is 755 g/mol. The Hall–Kier alpha value is -4.42. The van der Waals surface area contributed by atoms with Crippen LogP contribution in [-0.4, -0.2) is 149 Å². The molecule has 2 aromatic heterocycles. The highest BCUT2D eigenvalue weighted by atomic mass is 16.5. The number of para-hydroxylation sites is 1. The Morgan fingerprint density at radius 3 is 2.47 bits per heavy atom. The second-order valence-corrected chi connectivity index (χ2v) is 15.9. The molecule has 0 radical (unpaired) electrons. The minimum atomic E-state index is -0.346. The molecule has 4 aliphatic rings. The Morgan fingerprint density at radius 2 is 1.75 bits per heavy atom. The molecule has 1 aromatic carbocycles. The maximum absolute atomic E-state index is 13.3. The van der Waals surface area contributed by atoms with Crippen LogP contribution in [0.2, 0.25) is 0 Å². The minimum absolute atomic E-state index is 0.106. The quantitative estimate of drug-likeness (QED) is 0.275. The van der Waals surface area contributed by atoms with Gasteiger partial charge in [-0.05, 0) is 61.9 Å². The fourth-order valence-electron chi connectivity index (χ4n) is 8.43. The number of aromatic hydroxyl groups is 1. The molecule has 55 heavy (non-hydrogen) atoms. The predicted octanol–water partition coefficient (Wildman–Crippen LogP) is 3.54. The summed E-state index contributed by atoms with van der Waals surface area (Å²) in [5.74, 6) is 8.35. The zero-order chi connectivity index (χ0) is 38.4. The largest absolute Gasteiger partial charge is 0.507 e. The van der Waals surface area contributed by atoms with Gasteiger partial charge in [0.05, 0.1) is 36.7 Å². The van der Waals surface area contributed by atoms with Crippen LogP contribution in [0.5, 0.6) is 11.6 Å². The number of anilines is 2. The van der Waals surface area contributed by atoms with E-state index >= 15 is 0 Å². The first-order valence-corrected chi connectivity index (χ1v) is 20.0. The maximum Gasteiger partial charge on any atom is 0.254 e. The van der Waals surface area contributed by atoms with Crippen molar-refractivity contribution >= 4 is 17.4 Å². The Balaban J connectivity index is 0.806. The summed E-state index contributed by atoms with van der Waals surface area (Å²) in [5, 5.41) is 22.9. The minimum Gasteiger partial charge on any atom is -0.507 e. The Morgan fingerprint density at radius 1 is 1.00 bits per heavy atom. The number of phenolic OH excluding ortho intramolecular Hbond substituents is 1. The molecule has 1 amide bonds. The number of rotatable bonds is 11. The molecule has 0 bridgehead atoms. The van der Waals surface area contributed by atoms with Crippen LogP contribution in [0.25, 0.3) is 11.3 Å². The molecule has 0 saturated carbocycles. The molecule has 3 aromatic rings. The number of ether oxygens (including phenoxy) is 2. The van der Waals surface area contributed by atoms with E-state index in [0.717, 1.165) is 110 Å². The molecule has 2 atom stereocenters.